The minimum atomic E-state index is -0.481. The van der Waals surface area contributed by atoms with Gasteiger partial charge in [0.25, 0.3) is 0 Å². The third-order valence-electron chi connectivity index (χ3n) is 6.58. The summed E-state index contributed by atoms with van der Waals surface area (Å²) in [5.74, 6) is -0.100. The molecule has 0 aliphatic carbocycles. The highest BCUT2D eigenvalue weighted by molar-refractivity contribution is 6.15. The quantitative estimate of drug-likeness (QED) is 0.534. The van der Waals surface area contributed by atoms with Crippen molar-refractivity contribution in [1.82, 2.24) is 9.88 Å². The lowest BCUT2D eigenvalue weighted by Crippen LogP contribution is -2.47. The molecule has 0 saturated carbocycles. The van der Waals surface area contributed by atoms with Gasteiger partial charge in [-0.3, -0.25) is 4.79 Å². The highest BCUT2D eigenvalue weighted by atomic mass is 16.2. The molecular formula is C29H31N5O2. The van der Waals surface area contributed by atoms with E-state index in [4.69, 9.17) is 0 Å². The van der Waals surface area contributed by atoms with Crippen LogP contribution >= 0.6 is 0 Å². The van der Waals surface area contributed by atoms with Crippen LogP contribution in [0.15, 0.2) is 60.8 Å². The number of aromatic nitrogens is 1. The second-order valence-electron chi connectivity index (χ2n) is 9.74. The molecule has 1 saturated heterocycles. The van der Waals surface area contributed by atoms with Gasteiger partial charge in [0, 0.05) is 39.3 Å². The number of pyridine rings is 1. The molecule has 0 radical (unpaired) electrons. The minimum absolute atomic E-state index is 0.170. The number of hydrogen-bond donors (Lipinski definition) is 0. The fourth-order valence-corrected chi connectivity index (χ4v) is 4.81. The zero-order valence-electron chi connectivity index (χ0n) is 21.4. The maximum Gasteiger partial charge on any atom is 0.330 e. The molecule has 2 aromatic carbocycles. The van der Waals surface area contributed by atoms with E-state index in [1.165, 1.54) is 9.80 Å². The van der Waals surface area contributed by atoms with Gasteiger partial charge in [0.15, 0.2) is 0 Å². The van der Waals surface area contributed by atoms with Gasteiger partial charge in [-0.05, 0) is 73.4 Å². The molecule has 1 aliphatic rings. The molecule has 7 nitrogen and oxygen atoms in total. The van der Waals surface area contributed by atoms with Gasteiger partial charge in [-0.1, -0.05) is 24.3 Å². The van der Waals surface area contributed by atoms with E-state index in [1.807, 2.05) is 69.4 Å². The Morgan fingerprint density at radius 3 is 2.17 bits per heavy atom. The second-order valence-corrected chi connectivity index (χ2v) is 9.74. The predicted octanol–water partition coefficient (Wildman–Crippen LogP) is 4.81. The Balaban J connectivity index is 1.77. The number of rotatable bonds is 4. The number of benzene rings is 2. The van der Waals surface area contributed by atoms with Gasteiger partial charge in [-0.2, -0.15) is 5.26 Å². The number of aryl methyl sites for hydroxylation is 3. The molecule has 0 N–H and O–H groups in total. The first-order chi connectivity index (χ1) is 17.2. The average Bonchev–Trinajstić information content (AvgIpc) is 3.29. The van der Waals surface area contributed by atoms with E-state index in [9.17, 15) is 14.9 Å². The minimum Gasteiger partial charge on any atom is -0.355 e. The number of imide groups is 1. The smallest absolute Gasteiger partial charge is 0.330 e. The van der Waals surface area contributed by atoms with E-state index in [2.05, 4.69) is 16.0 Å². The summed E-state index contributed by atoms with van der Waals surface area (Å²) in [5.41, 5.74) is 5.12. The lowest BCUT2D eigenvalue weighted by molar-refractivity contribution is -0.121. The van der Waals surface area contributed by atoms with E-state index >= 15 is 0 Å². The van der Waals surface area contributed by atoms with Crippen LogP contribution in [0.2, 0.25) is 0 Å². The van der Waals surface area contributed by atoms with Gasteiger partial charge in [-0.25, -0.2) is 14.7 Å². The summed E-state index contributed by atoms with van der Waals surface area (Å²) >= 11 is 0. The molecule has 3 amide bonds. The monoisotopic (exact) mass is 481 g/mol. The molecule has 0 spiro atoms. The summed E-state index contributed by atoms with van der Waals surface area (Å²) in [6.45, 7) is 6.91. The van der Waals surface area contributed by atoms with Gasteiger partial charge in [-0.15, -0.1) is 0 Å². The van der Waals surface area contributed by atoms with Crippen molar-refractivity contribution in [1.29, 1.82) is 5.26 Å². The maximum atomic E-state index is 14.2. The summed E-state index contributed by atoms with van der Waals surface area (Å²) in [5, 5.41) is 9.23. The number of anilines is 2. The van der Waals surface area contributed by atoms with Crippen LogP contribution in [0.3, 0.4) is 0 Å². The Kier molecular flexibility index (Phi) is 7.07. The van der Waals surface area contributed by atoms with Crippen LogP contribution in [-0.4, -0.2) is 49.0 Å². The van der Waals surface area contributed by atoms with E-state index in [1.54, 1.807) is 26.2 Å². The van der Waals surface area contributed by atoms with Crippen LogP contribution in [0.4, 0.5) is 16.3 Å². The van der Waals surface area contributed by atoms with Crippen molar-refractivity contribution in [2.45, 2.75) is 26.7 Å². The van der Waals surface area contributed by atoms with Crippen LogP contribution < -0.4 is 9.80 Å². The number of carbonyl (C=O) groups is 2. The normalized spacial score (nSPS) is 16.9. The van der Waals surface area contributed by atoms with Gasteiger partial charge in [0.2, 0.25) is 5.91 Å². The second kappa shape index (κ2) is 10.2. The molecule has 0 bridgehead atoms. The van der Waals surface area contributed by atoms with E-state index < -0.39 is 5.92 Å². The Hall–Kier alpha value is -4.18. The van der Waals surface area contributed by atoms with Crippen molar-refractivity contribution in [2.75, 3.05) is 37.0 Å². The lowest BCUT2D eigenvalue weighted by Gasteiger charge is -2.29. The molecule has 1 aliphatic heterocycles. The SMILES string of the molecule is Cc1ccc(N2C[C@H](C(=O)N(C(=O)N(C)C)c3cc(C)cc(C)c3)[C@H](c3ccc(C#N)cc3)C2)nc1. The molecule has 2 heterocycles. The van der Waals surface area contributed by atoms with Gasteiger partial charge < -0.3 is 9.80 Å². The van der Waals surface area contributed by atoms with Crippen molar-refractivity contribution in [3.63, 3.8) is 0 Å². The molecule has 1 fully saturated rings. The van der Waals surface area contributed by atoms with E-state index in [0.29, 0.717) is 24.3 Å². The summed E-state index contributed by atoms with van der Waals surface area (Å²) in [6, 6.07) is 18.9. The number of amides is 3. The molecule has 4 rings (SSSR count). The molecule has 36 heavy (non-hydrogen) atoms. The highest BCUT2D eigenvalue weighted by Gasteiger charge is 2.43. The van der Waals surface area contributed by atoms with E-state index in [-0.39, 0.29) is 17.9 Å². The van der Waals surface area contributed by atoms with Crippen molar-refractivity contribution in [3.05, 3.63) is 88.6 Å². The third-order valence-corrected chi connectivity index (χ3v) is 6.58. The predicted molar refractivity (Wildman–Crippen MR) is 141 cm³/mol. The van der Waals surface area contributed by atoms with Gasteiger partial charge in [0.1, 0.15) is 5.82 Å². The number of nitrogens with zero attached hydrogens (tertiary/aromatic N) is 5. The van der Waals surface area contributed by atoms with Crippen LogP contribution in [0, 0.1) is 38.0 Å². The first kappa shape index (κ1) is 24.9. The van der Waals surface area contributed by atoms with Gasteiger partial charge >= 0.3 is 6.03 Å². The zero-order chi connectivity index (χ0) is 26.0. The molecule has 7 heteroatoms. The number of nitriles is 1. The largest absolute Gasteiger partial charge is 0.355 e. The molecule has 2 atom stereocenters. The van der Waals surface area contributed by atoms with Crippen molar-refractivity contribution >= 4 is 23.4 Å². The number of carbonyl (C=O) groups excluding carboxylic acids is 2. The molecule has 1 aromatic heterocycles. The van der Waals surface area contributed by atoms with Gasteiger partial charge in [0.05, 0.1) is 23.2 Å². The average molecular weight is 482 g/mol. The fraction of sp³-hybridized carbons (Fsp3) is 0.310. The van der Waals surface area contributed by atoms with Crippen molar-refractivity contribution in [3.8, 4) is 6.07 Å². The summed E-state index contributed by atoms with van der Waals surface area (Å²) < 4.78 is 0. The molecule has 184 valence electrons. The highest BCUT2D eigenvalue weighted by Crippen LogP contribution is 2.37. The fourth-order valence-electron chi connectivity index (χ4n) is 4.81. The Bertz CT molecular complexity index is 1290. The third kappa shape index (κ3) is 5.08. The first-order valence-corrected chi connectivity index (χ1v) is 12.0. The summed E-state index contributed by atoms with van der Waals surface area (Å²) in [7, 11) is 3.31. The van der Waals surface area contributed by atoms with Crippen LogP contribution in [0.5, 0.6) is 0 Å². The summed E-state index contributed by atoms with van der Waals surface area (Å²) in [4.78, 5) is 37.0. The first-order valence-electron chi connectivity index (χ1n) is 12.0. The topological polar surface area (TPSA) is 80.5 Å². The van der Waals surface area contributed by atoms with Crippen LogP contribution in [0.1, 0.15) is 33.7 Å². The van der Waals surface area contributed by atoms with Crippen molar-refractivity contribution in [2.24, 2.45) is 5.92 Å². The van der Waals surface area contributed by atoms with Crippen molar-refractivity contribution < 1.29 is 9.59 Å². The molecule has 0 unspecified atom stereocenters. The standard InChI is InChI=1S/C29H31N5O2/c1-19-6-11-27(31-16-19)33-17-25(23-9-7-22(15-30)8-10-23)26(18-33)28(35)34(29(36)32(4)5)24-13-20(2)12-21(3)14-24/h6-14,16,25-26H,17-18H2,1-5H3/t25-,26-/m0/s1. The Labute approximate surface area is 212 Å². The lowest BCUT2D eigenvalue weighted by atomic mass is 9.87. The van der Waals surface area contributed by atoms with E-state index in [0.717, 1.165) is 28.1 Å². The Morgan fingerprint density at radius 1 is 0.944 bits per heavy atom. The Morgan fingerprint density at radius 2 is 1.61 bits per heavy atom. The van der Waals surface area contributed by atoms with Crippen LogP contribution in [0.25, 0.3) is 0 Å². The summed E-state index contributed by atoms with van der Waals surface area (Å²) in [6.07, 6.45) is 1.82. The molecule has 3 aromatic rings. The zero-order valence-corrected chi connectivity index (χ0v) is 21.4. The van der Waals surface area contributed by atoms with Crippen LogP contribution in [-0.2, 0) is 4.79 Å². The molecular weight excluding hydrogens is 450 g/mol. The maximum absolute atomic E-state index is 14.2. The number of urea groups is 1. The number of hydrogen-bond acceptors (Lipinski definition) is 5.